The molecule has 0 amide bonds. The Morgan fingerprint density at radius 3 is 0.753 bits per heavy atom. The van der Waals surface area contributed by atoms with Gasteiger partial charge in [-0.1, -0.05) is 290 Å². The van der Waals surface area contributed by atoms with E-state index in [-0.39, 0.29) is 31.1 Å². The maximum atomic E-state index is 13.0. The molecule has 0 rings (SSSR count). The molecule has 0 aromatic carbocycles. The number of allylic oxidation sites excluding steroid dienone is 20. The zero-order chi connectivity index (χ0) is 58.5. The van der Waals surface area contributed by atoms with Gasteiger partial charge >= 0.3 is 17.9 Å². The van der Waals surface area contributed by atoms with Crippen LogP contribution in [-0.2, 0) is 28.6 Å². The number of ether oxygens (including phenoxy) is 3. The highest BCUT2D eigenvalue weighted by Gasteiger charge is 2.19. The monoisotopic (exact) mass is 1120 g/mol. The first-order valence-electron chi connectivity index (χ1n) is 34.0. The lowest BCUT2D eigenvalue weighted by atomic mass is 10.0. The van der Waals surface area contributed by atoms with Crippen molar-refractivity contribution in [1.29, 1.82) is 0 Å². The van der Waals surface area contributed by atoms with Gasteiger partial charge < -0.3 is 14.2 Å². The average molecular weight is 1120 g/mol. The van der Waals surface area contributed by atoms with E-state index in [0.29, 0.717) is 19.3 Å². The standard InChI is InChI=1S/C75H126O6/c1-4-7-10-13-16-19-22-25-28-31-33-35-36-37-38-40-41-44-47-50-53-56-59-62-65-68-74(77)80-71-72(70-79-73(76)67-64-61-58-55-52-49-46-43-30-27-24-21-18-15-12-9-6-3)81-75(78)69-66-63-60-57-54-51-48-45-42-39-34-32-29-26-23-20-17-14-11-8-5-2/h7-8,10-11,16-21,25-30,33-35,39,72H,4-6,9,12-15,22-24,31-32,36-38,40-71H2,1-3H3/b10-7-,11-8-,19-16-,20-17-,21-18-,28-25-,29-26-,30-27-,35-33-,39-34-. The topological polar surface area (TPSA) is 78.9 Å². The van der Waals surface area contributed by atoms with Crippen molar-refractivity contribution in [1.82, 2.24) is 0 Å². The van der Waals surface area contributed by atoms with Crippen LogP contribution in [0.2, 0.25) is 0 Å². The molecule has 0 saturated heterocycles. The Balaban J connectivity index is 4.39. The van der Waals surface area contributed by atoms with E-state index >= 15 is 0 Å². The number of hydrogen-bond donors (Lipinski definition) is 0. The Labute approximate surface area is 501 Å². The predicted molar refractivity (Wildman–Crippen MR) is 353 cm³/mol. The van der Waals surface area contributed by atoms with Crippen LogP contribution in [0.1, 0.15) is 316 Å². The molecule has 0 aliphatic carbocycles. The summed E-state index contributed by atoms with van der Waals surface area (Å²) >= 11 is 0. The SMILES string of the molecule is CC/C=C\C/C=C\C/C=C\C/C=C\CCCCCCCCCCCCCCC(=O)OCC(COC(=O)CCCCCCCCC/C=C\C/C=C\CCCCC)OC(=O)CCCCCCCCCC/C=C\C/C=C\C/C=C\C/C=C\CC. The largest absolute Gasteiger partial charge is 0.462 e. The van der Waals surface area contributed by atoms with Crippen molar-refractivity contribution in [3.63, 3.8) is 0 Å². The van der Waals surface area contributed by atoms with E-state index in [0.717, 1.165) is 128 Å². The lowest BCUT2D eigenvalue weighted by Gasteiger charge is -2.18. The highest BCUT2D eigenvalue weighted by molar-refractivity contribution is 5.71. The van der Waals surface area contributed by atoms with Gasteiger partial charge in [0.05, 0.1) is 0 Å². The average Bonchev–Trinajstić information content (AvgIpc) is 3.47. The summed E-state index contributed by atoms with van der Waals surface area (Å²) in [4.78, 5) is 38.5. The van der Waals surface area contributed by atoms with Crippen LogP contribution in [0, 0.1) is 0 Å². The minimum Gasteiger partial charge on any atom is -0.462 e. The Morgan fingerprint density at radius 2 is 0.481 bits per heavy atom. The van der Waals surface area contributed by atoms with Gasteiger partial charge in [0.25, 0.3) is 0 Å². The molecule has 462 valence electrons. The van der Waals surface area contributed by atoms with Crippen LogP contribution in [0.15, 0.2) is 122 Å². The molecule has 0 bridgehead atoms. The second-order valence-electron chi connectivity index (χ2n) is 22.3. The maximum absolute atomic E-state index is 13.0. The zero-order valence-electron chi connectivity index (χ0n) is 53.0. The minimum atomic E-state index is -0.792. The van der Waals surface area contributed by atoms with Crippen molar-refractivity contribution in [2.75, 3.05) is 13.2 Å². The molecule has 0 spiro atoms. The van der Waals surface area contributed by atoms with E-state index < -0.39 is 6.10 Å². The molecule has 0 aliphatic heterocycles. The van der Waals surface area contributed by atoms with Crippen molar-refractivity contribution >= 4 is 17.9 Å². The van der Waals surface area contributed by atoms with Gasteiger partial charge in [0.15, 0.2) is 6.10 Å². The van der Waals surface area contributed by atoms with Crippen molar-refractivity contribution in [3.8, 4) is 0 Å². The van der Waals surface area contributed by atoms with Crippen molar-refractivity contribution < 1.29 is 28.6 Å². The lowest BCUT2D eigenvalue weighted by molar-refractivity contribution is -0.167. The molecule has 6 heteroatoms. The van der Waals surface area contributed by atoms with E-state index in [4.69, 9.17) is 14.2 Å². The van der Waals surface area contributed by atoms with E-state index in [1.54, 1.807) is 0 Å². The first-order chi connectivity index (χ1) is 40.0. The number of unbranched alkanes of at least 4 members (excludes halogenated alkanes) is 30. The van der Waals surface area contributed by atoms with Gasteiger partial charge in [0.2, 0.25) is 0 Å². The van der Waals surface area contributed by atoms with Crippen LogP contribution in [0.25, 0.3) is 0 Å². The summed E-state index contributed by atoms with van der Waals surface area (Å²) in [6.07, 6.45) is 94.9. The molecule has 1 unspecified atom stereocenters. The molecular formula is C75H126O6. The molecule has 6 nitrogen and oxygen atoms in total. The lowest BCUT2D eigenvalue weighted by Crippen LogP contribution is -2.30. The van der Waals surface area contributed by atoms with E-state index in [1.807, 2.05) is 0 Å². The molecule has 0 aliphatic rings. The van der Waals surface area contributed by atoms with Crippen LogP contribution in [-0.4, -0.2) is 37.2 Å². The number of hydrogen-bond acceptors (Lipinski definition) is 6. The summed E-state index contributed by atoms with van der Waals surface area (Å²) in [5.74, 6) is -0.894. The maximum Gasteiger partial charge on any atom is 0.306 e. The summed E-state index contributed by atoms with van der Waals surface area (Å²) in [5, 5.41) is 0. The summed E-state index contributed by atoms with van der Waals surface area (Å²) in [6, 6.07) is 0. The third-order valence-corrected chi connectivity index (χ3v) is 14.4. The molecule has 0 radical (unpaired) electrons. The fourth-order valence-electron chi connectivity index (χ4n) is 9.40. The second kappa shape index (κ2) is 68.3. The Kier molecular flexibility index (Phi) is 64.8. The summed E-state index contributed by atoms with van der Waals surface area (Å²) in [5.41, 5.74) is 0. The third kappa shape index (κ3) is 66.5. The first kappa shape index (κ1) is 76.8. The Hall–Kier alpha value is -4.19. The molecule has 0 N–H and O–H groups in total. The van der Waals surface area contributed by atoms with Gasteiger partial charge in [-0.25, -0.2) is 0 Å². The van der Waals surface area contributed by atoms with E-state index in [9.17, 15) is 14.4 Å². The van der Waals surface area contributed by atoms with Crippen molar-refractivity contribution in [2.24, 2.45) is 0 Å². The van der Waals surface area contributed by atoms with Crippen LogP contribution in [0.3, 0.4) is 0 Å². The molecule has 1 atom stereocenters. The molecular weight excluding hydrogens is 997 g/mol. The highest BCUT2D eigenvalue weighted by atomic mass is 16.6. The van der Waals surface area contributed by atoms with Crippen LogP contribution < -0.4 is 0 Å². The van der Waals surface area contributed by atoms with Gasteiger partial charge in [-0.05, 0) is 128 Å². The van der Waals surface area contributed by atoms with Gasteiger partial charge in [0.1, 0.15) is 13.2 Å². The van der Waals surface area contributed by atoms with Gasteiger partial charge in [-0.15, -0.1) is 0 Å². The molecule has 81 heavy (non-hydrogen) atoms. The van der Waals surface area contributed by atoms with Crippen LogP contribution in [0.5, 0.6) is 0 Å². The minimum absolute atomic E-state index is 0.0859. The van der Waals surface area contributed by atoms with Crippen LogP contribution in [0.4, 0.5) is 0 Å². The van der Waals surface area contributed by atoms with E-state index in [1.165, 1.54) is 148 Å². The normalized spacial score (nSPS) is 12.9. The quantitative estimate of drug-likeness (QED) is 0.0261. The van der Waals surface area contributed by atoms with E-state index in [2.05, 4.69) is 142 Å². The molecule has 0 fully saturated rings. The fraction of sp³-hybridized carbons (Fsp3) is 0.693. The number of carbonyl (C=O) groups is 3. The Bertz CT molecular complexity index is 1670. The van der Waals surface area contributed by atoms with Crippen LogP contribution >= 0.6 is 0 Å². The Morgan fingerprint density at radius 1 is 0.259 bits per heavy atom. The highest BCUT2D eigenvalue weighted by Crippen LogP contribution is 2.16. The number of carbonyl (C=O) groups excluding carboxylic acids is 3. The summed E-state index contributed by atoms with van der Waals surface area (Å²) < 4.78 is 17.0. The second-order valence-corrected chi connectivity index (χ2v) is 22.3. The van der Waals surface area contributed by atoms with Gasteiger partial charge in [0, 0.05) is 19.3 Å². The van der Waals surface area contributed by atoms with Gasteiger partial charge in [-0.3, -0.25) is 14.4 Å². The molecule has 0 aromatic heterocycles. The zero-order valence-corrected chi connectivity index (χ0v) is 53.0. The summed E-state index contributed by atoms with van der Waals surface area (Å²) in [7, 11) is 0. The third-order valence-electron chi connectivity index (χ3n) is 14.4. The predicted octanol–water partition coefficient (Wildman–Crippen LogP) is 23.6. The van der Waals surface area contributed by atoms with Crippen molar-refractivity contribution in [2.45, 2.75) is 322 Å². The fourth-order valence-corrected chi connectivity index (χ4v) is 9.40. The number of esters is 3. The van der Waals surface area contributed by atoms with Gasteiger partial charge in [-0.2, -0.15) is 0 Å². The summed E-state index contributed by atoms with van der Waals surface area (Å²) in [6.45, 7) is 6.40. The first-order valence-corrected chi connectivity index (χ1v) is 34.0. The van der Waals surface area contributed by atoms with Crippen molar-refractivity contribution in [3.05, 3.63) is 122 Å². The molecule has 0 aromatic rings. The molecule has 0 heterocycles. The smallest absolute Gasteiger partial charge is 0.306 e. The number of rotatable bonds is 61. The molecule has 0 saturated carbocycles.